The first-order chi connectivity index (χ1) is 20.0. The molecule has 8 nitrogen and oxygen atoms in total. The summed E-state index contributed by atoms with van der Waals surface area (Å²) in [6.07, 6.45) is 0.945. The molecule has 7 N–H and O–H groups in total. The number of aryl methyl sites for hydroxylation is 1. The zero-order valence-electron chi connectivity index (χ0n) is 23.1. The van der Waals surface area contributed by atoms with Gasteiger partial charge in [0, 0.05) is 11.3 Å². The van der Waals surface area contributed by atoms with E-state index in [4.69, 9.17) is 18.0 Å². The van der Waals surface area contributed by atoms with Crippen molar-refractivity contribution in [1.29, 1.82) is 0 Å². The second kappa shape index (κ2) is 12.0. The summed E-state index contributed by atoms with van der Waals surface area (Å²) in [5, 5.41) is 25.8. The Morgan fingerprint density at radius 2 is 1.62 bits per heavy atom. The Morgan fingerprint density at radius 3 is 2.24 bits per heavy atom. The molecule has 0 aliphatic carbocycles. The number of nitrogens with one attached hydrogen (secondary N) is 1. The van der Waals surface area contributed by atoms with Crippen LogP contribution >= 0.6 is 19.8 Å². The van der Waals surface area contributed by atoms with Crippen LogP contribution in [0.5, 0.6) is 5.75 Å². The standard InChI is InChI=1S/C32H34N3O5PS/c1-21-9-11-23(12-10-21)28(36)8-5-19-32(33)30(35(31(42)34-32)25-6-3-2-4-7-25)27-18-15-24(20-29(27)37)22-13-16-26(17-14-22)41(38,39)40/h2-4,6-7,9-18,20,28,30,36-37H,5,8,19,33H2,1H3,(H,34,42)(H2,38,39,40). The van der Waals surface area contributed by atoms with Crippen LogP contribution in [0.25, 0.3) is 11.1 Å². The number of aliphatic hydroxyl groups excluding tert-OH is 1. The van der Waals surface area contributed by atoms with Gasteiger partial charge >= 0.3 is 7.60 Å². The van der Waals surface area contributed by atoms with Crippen molar-refractivity contribution in [3.63, 3.8) is 0 Å². The van der Waals surface area contributed by atoms with Gasteiger partial charge in [0.1, 0.15) is 17.5 Å². The zero-order valence-corrected chi connectivity index (χ0v) is 24.8. The minimum atomic E-state index is -4.36. The van der Waals surface area contributed by atoms with Crippen molar-refractivity contribution in [3.05, 3.63) is 114 Å². The molecule has 0 saturated carbocycles. The van der Waals surface area contributed by atoms with E-state index < -0.39 is 25.4 Å². The summed E-state index contributed by atoms with van der Waals surface area (Å²) in [7, 11) is -4.36. The highest BCUT2D eigenvalue weighted by atomic mass is 32.1. The predicted octanol–water partition coefficient (Wildman–Crippen LogP) is 5.17. The summed E-state index contributed by atoms with van der Waals surface area (Å²) in [5.74, 6) is 0.0125. The molecule has 0 amide bonds. The van der Waals surface area contributed by atoms with Crippen molar-refractivity contribution in [3.8, 4) is 16.9 Å². The molecular formula is C32H34N3O5PS. The third-order valence-electron chi connectivity index (χ3n) is 7.73. The normalized spacial score (nSPS) is 19.5. The van der Waals surface area contributed by atoms with Gasteiger partial charge in [0.2, 0.25) is 0 Å². The van der Waals surface area contributed by atoms with E-state index in [2.05, 4.69) is 5.32 Å². The topological polar surface area (TPSA) is 139 Å². The van der Waals surface area contributed by atoms with Gasteiger partial charge in [0.15, 0.2) is 5.11 Å². The Bertz CT molecular complexity index is 1610. The van der Waals surface area contributed by atoms with Crippen molar-refractivity contribution in [2.45, 2.75) is 44.0 Å². The SMILES string of the molecule is Cc1ccc(C(O)CCCC2(N)NC(=S)N(c3ccccc3)C2c2ccc(-c3ccc(P(=O)(O)O)cc3)cc2O)cc1. The van der Waals surface area contributed by atoms with Crippen molar-refractivity contribution in [2.24, 2.45) is 5.73 Å². The lowest BCUT2D eigenvalue weighted by Gasteiger charge is -2.35. The summed E-state index contributed by atoms with van der Waals surface area (Å²) in [6, 6.07) is 28.1. The van der Waals surface area contributed by atoms with Gasteiger partial charge in [-0.1, -0.05) is 72.3 Å². The fourth-order valence-corrected chi connectivity index (χ4v) is 6.43. The maximum atomic E-state index is 11.6. The highest BCUT2D eigenvalue weighted by molar-refractivity contribution is 7.80. The Hall–Kier alpha value is -3.56. The highest BCUT2D eigenvalue weighted by Gasteiger charge is 2.49. The lowest BCUT2D eigenvalue weighted by atomic mass is 9.87. The molecule has 0 radical (unpaired) electrons. The lowest BCUT2D eigenvalue weighted by molar-refractivity contribution is 0.157. The molecule has 5 rings (SSSR count). The fraction of sp³-hybridized carbons (Fsp3) is 0.219. The first kappa shape index (κ1) is 29.9. The number of phenols is 1. The van der Waals surface area contributed by atoms with Gasteiger partial charge in [-0.25, -0.2) is 0 Å². The average Bonchev–Trinajstić information content (AvgIpc) is 3.22. The van der Waals surface area contributed by atoms with Crippen LogP contribution in [-0.2, 0) is 4.57 Å². The maximum absolute atomic E-state index is 11.6. The predicted molar refractivity (Wildman–Crippen MR) is 170 cm³/mol. The highest BCUT2D eigenvalue weighted by Crippen LogP contribution is 2.44. The van der Waals surface area contributed by atoms with Crippen LogP contribution in [0.4, 0.5) is 5.69 Å². The van der Waals surface area contributed by atoms with Gasteiger partial charge < -0.3 is 36.0 Å². The molecule has 1 heterocycles. The van der Waals surface area contributed by atoms with Gasteiger partial charge in [0.05, 0.1) is 11.4 Å². The molecule has 4 aromatic rings. The van der Waals surface area contributed by atoms with Crippen LogP contribution in [0, 0.1) is 6.92 Å². The van der Waals surface area contributed by atoms with Crippen LogP contribution < -0.4 is 21.3 Å². The number of phenolic OH excluding ortho intramolecular Hbond substituents is 1. The number of benzene rings is 4. The fourth-order valence-electron chi connectivity index (χ4n) is 5.49. The maximum Gasteiger partial charge on any atom is 0.356 e. The number of nitrogens with zero attached hydrogens (tertiary/aromatic N) is 1. The quantitative estimate of drug-likeness (QED) is 0.113. The number of aromatic hydroxyl groups is 1. The number of anilines is 1. The molecule has 0 spiro atoms. The molecule has 0 aromatic heterocycles. The van der Waals surface area contributed by atoms with Crippen LogP contribution in [0.1, 0.15) is 48.1 Å². The number of nitrogens with two attached hydrogens (primary N) is 1. The molecule has 4 aromatic carbocycles. The molecule has 1 aliphatic rings. The molecule has 3 unspecified atom stereocenters. The Kier molecular flexibility index (Phi) is 8.53. The van der Waals surface area contributed by atoms with E-state index >= 15 is 0 Å². The van der Waals surface area contributed by atoms with Crippen LogP contribution in [0.15, 0.2) is 97.1 Å². The number of rotatable bonds is 9. The van der Waals surface area contributed by atoms with E-state index in [-0.39, 0.29) is 11.1 Å². The molecule has 0 bridgehead atoms. The summed E-state index contributed by atoms with van der Waals surface area (Å²) in [5.41, 5.74) is 10.8. The van der Waals surface area contributed by atoms with E-state index in [0.29, 0.717) is 41.1 Å². The van der Waals surface area contributed by atoms with Crippen LogP contribution in [0.3, 0.4) is 0 Å². The number of hydrogen-bond donors (Lipinski definition) is 6. The zero-order chi connectivity index (χ0) is 30.1. The monoisotopic (exact) mass is 603 g/mol. The van der Waals surface area contributed by atoms with Gasteiger partial charge in [-0.05, 0) is 85.4 Å². The number of para-hydroxylation sites is 1. The molecule has 1 saturated heterocycles. The van der Waals surface area contributed by atoms with Crippen LogP contribution in [-0.4, -0.2) is 30.8 Å². The lowest BCUT2D eigenvalue weighted by Crippen LogP contribution is -2.53. The molecule has 10 heteroatoms. The van der Waals surface area contributed by atoms with Crippen LogP contribution in [0.2, 0.25) is 0 Å². The number of hydrogen-bond acceptors (Lipinski definition) is 5. The Morgan fingerprint density at radius 1 is 0.976 bits per heavy atom. The smallest absolute Gasteiger partial charge is 0.356 e. The first-order valence-corrected chi connectivity index (χ1v) is 15.7. The summed E-state index contributed by atoms with van der Waals surface area (Å²) < 4.78 is 11.6. The molecule has 42 heavy (non-hydrogen) atoms. The second-order valence-corrected chi connectivity index (χ2v) is 12.8. The first-order valence-electron chi connectivity index (χ1n) is 13.7. The molecule has 3 atom stereocenters. The Balaban J connectivity index is 1.44. The molecule has 1 aliphatic heterocycles. The van der Waals surface area contributed by atoms with E-state index in [1.165, 1.54) is 12.1 Å². The van der Waals surface area contributed by atoms with Crippen molar-refractivity contribution in [1.82, 2.24) is 5.32 Å². The summed E-state index contributed by atoms with van der Waals surface area (Å²) >= 11 is 5.77. The van der Waals surface area contributed by atoms with E-state index in [0.717, 1.165) is 16.8 Å². The van der Waals surface area contributed by atoms with E-state index in [1.807, 2.05) is 72.5 Å². The van der Waals surface area contributed by atoms with Crippen molar-refractivity contribution >= 4 is 35.9 Å². The number of aliphatic hydroxyl groups is 1. The second-order valence-electron chi connectivity index (χ2n) is 10.8. The third-order valence-corrected chi connectivity index (χ3v) is 9.00. The third kappa shape index (κ3) is 6.27. The molecule has 1 fully saturated rings. The Labute approximate surface area is 250 Å². The van der Waals surface area contributed by atoms with Gasteiger partial charge in [-0.3, -0.25) is 4.57 Å². The summed E-state index contributed by atoms with van der Waals surface area (Å²) in [6.45, 7) is 2.01. The van der Waals surface area contributed by atoms with E-state index in [1.54, 1.807) is 24.3 Å². The largest absolute Gasteiger partial charge is 0.508 e. The minimum absolute atomic E-state index is 0.0125. The van der Waals surface area contributed by atoms with E-state index in [9.17, 15) is 24.6 Å². The van der Waals surface area contributed by atoms with Gasteiger partial charge in [0.25, 0.3) is 0 Å². The van der Waals surface area contributed by atoms with Crippen molar-refractivity contribution < 1.29 is 24.6 Å². The summed E-state index contributed by atoms with van der Waals surface area (Å²) in [4.78, 5) is 20.8. The number of thiocarbonyl (C=S) groups is 1. The minimum Gasteiger partial charge on any atom is -0.508 e. The van der Waals surface area contributed by atoms with Crippen molar-refractivity contribution in [2.75, 3.05) is 4.90 Å². The molecule has 218 valence electrons. The molecular weight excluding hydrogens is 569 g/mol. The van der Waals surface area contributed by atoms with Gasteiger partial charge in [-0.2, -0.15) is 0 Å². The average molecular weight is 604 g/mol. The van der Waals surface area contributed by atoms with Gasteiger partial charge in [-0.15, -0.1) is 0 Å².